The van der Waals surface area contributed by atoms with Gasteiger partial charge in [0.25, 0.3) is 11.5 Å². The summed E-state index contributed by atoms with van der Waals surface area (Å²) >= 11 is 5.41. The zero-order valence-electron chi connectivity index (χ0n) is 8.78. The van der Waals surface area contributed by atoms with Gasteiger partial charge < -0.3 is 10.1 Å². The second-order valence-electron chi connectivity index (χ2n) is 3.35. The number of H-pyrrole nitrogens is 1. The van der Waals surface area contributed by atoms with Gasteiger partial charge in [0.2, 0.25) is 10.0 Å². The highest BCUT2D eigenvalue weighted by atomic mass is 35.5. The van der Waals surface area contributed by atoms with Crippen LogP contribution in [0, 0.1) is 0 Å². The summed E-state index contributed by atoms with van der Waals surface area (Å²) in [7, 11) is -4.24. The molecule has 0 aromatic carbocycles. The lowest BCUT2D eigenvalue weighted by Crippen LogP contribution is -2.39. The third-order valence-corrected chi connectivity index (χ3v) is 3.56. The molecule has 18 heavy (non-hydrogen) atoms. The maximum atomic E-state index is 12.7. The summed E-state index contributed by atoms with van der Waals surface area (Å²) in [5, 5.41) is 7.91. The lowest BCUT2D eigenvalue weighted by Gasteiger charge is -2.14. The van der Waals surface area contributed by atoms with Crippen LogP contribution in [0.15, 0.2) is 22.0 Å². The van der Waals surface area contributed by atoms with Crippen LogP contribution in [0.1, 0.15) is 0 Å². The monoisotopic (exact) mass is 302 g/mol. The van der Waals surface area contributed by atoms with Crippen molar-refractivity contribution in [3.05, 3.63) is 27.6 Å². The minimum atomic E-state index is -4.24. The molecule has 1 rings (SSSR count). The molecular formula is C8H9ClF2N2O4S. The van der Waals surface area contributed by atoms with Crippen molar-refractivity contribution in [1.82, 2.24) is 9.71 Å². The van der Waals surface area contributed by atoms with Gasteiger partial charge in [0.05, 0.1) is 11.4 Å². The van der Waals surface area contributed by atoms with Crippen LogP contribution in [0.3, 0.4) is 0 Å². The average Bonchev–Trinajstić information content (AvgIpc) is 2.30. The Hall–Kier alpha value is -1.03. The van der Waals surface area contributed by atoms with Crippen molar-refractivity contribution in [2.24, 2.45) is 0 Å². The van der Waals surface area contributed by atoms with E-state index >= 15 is 0 Å². The molecule has 0 saturated heterocycles. The molecule has 6 nitrogen and oxygen atoms in total. The maximum absolute atomic E-state index is 12.7. The number of alkyl halides is 2. The Labute approximate surface area is 106 Å². The van der Waals surface area contributed by atoms with Crippen LogP contribution in [-0.4, -0.2) is 37.6 Å². The lowest BCUT2D eigenvalue weighted by atomic mass is 10.4. The van der Waals surface area contributed by atoms with Gasteiger partial charge in [-0.25, -0.2) is 21.9 Å². The number of aliphatic hydroxyl groups excluding tert-OH is 1. The van der Waals surface area contributed by atoms with Crippen molar-refractivity contribution < 1.29 is 22.3 Å². The minimum absolute atomic E-state index is 0.383. The quantitative estimate of drug-likeness (QED) is 0.709. The van der Waals surface area contributed by atoms with E-state index in [2.05, 4.69) is 0 Å². The van der Waals surface area contributed by atoms with Crippen molar-refractivity contribution in [3.63, 3.8) is 0 Å². The van der Waals surface area contributed by atoms with Gasteiger partial charge in [-0.1, -0.05) is 11.6 Å². The smallest absolute Gasteiger partial charge is 0.283 e. The molecule has 0 aliphatic rings. The van der Waals surface area contributed by atoms with Gasteiger partial charge in [0.1, 0.15) is 11.6 Å². The molecule has 0 saturated carbocycles. The van der Waals surface area contributed by atoms with Gasteiger partial charge in [0, 0.05) is 6.20 Å². The SMILES string of the molecule is O=c1[nH]cc(S(=O)(=O)NCC(F)(F)CO)cc1Cl. The second-order valence-corrected chi connectivity index (χ2v) is 5.53. The fourth-order valence-electron chi connectivity index (χ4n) is 0.933. The van der Waals surface area contributed by atoms with Crippen LogP contribution in [0.5, 0.6) is 0 Å². The maximum Gasteiger partial charge on any atom is 0.283 e. The number of hydrogen-bond acceptors (Lipinski definition) is 4. The summed E-state index contributed by atoms with van der Waals surface area (Å²) < 4.78 is 50.1. The number of rotatable bonds is 5. The first-order chi connectivity index (χ1) is 8.18. The molecule has 0 radical (unpaired) electrons. The number of halogens is 3. The molecule has 0 spiro atoms. The topological polar surface area (TPSA) is 99.3 Å². The van der Waals surface area contributed by atoms with E-state index in [1.54, 1.807) is 4.72 Å². The highest BCUT2D eigenvalue weighted by molar-refractivity contribution is 7.89. The molecule has 0 atom stereocenters. The Morgan fingerprint density at radius 1 is 1.50 bits per heavy atom. The minimum Gasteiger partial charge on any atom is -0.390 e. The van der Waals surface area contributed by atoms with E-state index < -0.39 is 39.6 Å². The number of sulfonamides is 1. The summed E-state index contributed by atoms with van der Waals surface area (Å²) in [6.45, 7) is -2.75. The Balaban J connectivity index is 2.94. The van der Waals surface area contributed by atoms with Gasteiger partial charge in [-0.3, -0.25) is 4.79 Å². The van der Waals surface area contributed by atoms with Gasteiger partial charge in [-0.2, -0.15) is 0 Å². The third-order valence-electron chi connectivity index (χ3n) is 1.89. The van der Waals surface area contributed by atoms with Crippen molar-refractivity contribution in [2.75, 3.05) is 13.2 Å². The summed E-state index contributed by atoms with van der Waals surface area (Å²) in [4.78, 5) is 12.5. The van der Waals surface area contributed by atoms with Crippen molar-refractivity contribution in [3.8, 4) is 0 Å². The third kappa shape index (κ3) is 3.73. The fraction of sp³-hybridized carbons (Fsp3) is 0.375. The molecule has 3 N–H and O–H groups in total. The molecule has 10 heteroatoms. The van der Waals surface area contributed by atoms with Crippen LogP contribution in [0.25, 0.3) is 0 Å². The summed E-state index contributed by atoms with van der Waals surface area (Å²) in [6, 6.07) is 0.833. The first kappa shape index (κ1) is 15.0. The molecule has 0 aliphatic carbocycles. The fourth-order valence-corrected chi connectivity index (χ4v) is 2.22. The normalized spacial score (nSPS) is 12.7. The molecule has 0 aliphatic heterocycles. The van der Waals surface area contributed by atoms with Gasteiger partial charge in [0.15, 0.2) is 0 Å². The van der Waals surface area contributed by atoms with Crippen LogP contribution in [0.4, 0.5) is 8.78 Å². The standard InChI is InChI=1S/C8H9ClF2N2O4S/c9-6-1-5(2-12-7(6)15)18(16,17)13-3-8(10,11)4-14/h1-2,13-14H,3-4H2,(H,12,15). The van der Waals surface area contributed by atoms with Crippen LogP contribution >= 0.6 is 11.6 Å². The molecule has 1 heterocycles. The first-order valence-corrected chi connectivity index (χ1v) is 6.41. The van der Waals surface area contributed by atoms with Crippen LogP contribution < -0.4 is 10.3 Å². The summed E-state index contributed by atoms with van der Waals surface area (Å²) in [5.74, 6) is -3.57. The van der Waals surface area contributed by atoms with E-state index in [0.717, 1.165) is 12.3 Å². The number of aliphatic hydroxyl groups is 1. The predicted molar refractivity (Wildman–Crippen MR) is 59.3 cm³/mol. The van der Waals surface area contributed by atoms with Crippen molar-refractivity contribution in [2.45, 2.75) is 10.8 Å². The largest absolute Gasteiger partial charge is 0.390 e. The molecule has 1 aromatic rings. The predicted octanol–water partition coefficient (Wildman–Crippen LogP) is -0.0658. The zero-order chi connectivity index (χ0) is 14.0. The van der Waals surface area contributed by atoms with Crippen molar-refractivity contribution in [1.29, 1.82) is 0 Å². The zero-order valence-corrected chi connectivity index (χ0v) is 10.4. The number of aromatic amines is 1. The number of nitrogens with one attached hydrogen (secondary N) is 2. The van der Waals surface area contributed by atoms with E-state index in [-0.39, 0.29) is 5.02 Å². The van der Waals surface area contributed by atoms with E-state index in [0.29, 0.717) is 0 Å². The molecule has 0 amide bonds. The highest BCUT2D eigenvalue weighted by Gasteiger charge is 2.30. The van der Waals surface area contributed by atoms with Gasteiger partial charge in [-0.15, -0.1) is 0 Å². The number of hydrogen-bond donors (Lipinski definition) is 3. The van der Waals surface area contributed by atoms with Crippen molar-refractivity contribution >= 4 is 21.6 Å². The lowest BCUT2D eigenvalue weighted by molar-refractivity contribution is -0.0437. The Morgan fingerprint density at radius 3 is 2.61 bits per heavy atom. The van der Waals surface area contributed by atoms with Gasteiger partial charge in [-0.05, 0) is 6.07 Å². The molecule has 102 valence electrons. The summed E-state index contributed by atoms with van der Waals surface area (Å²) in [5.41, 5.74) is -0.698. The second kappa shape index (κ2) is 5.31. The van der Waals surface area contributed by atoms with Crippen LogP contribution in [-0.2, 0) is 10.0 Å². The average molecular weight is 303 g/mol. The number of pyridine rings is 1. The van der Waals surface area contributed by atoms with E-state index in [1.165, 1.54) is 0 Å². The van der Waals surface area contributed by atoms with E-state index in [4.69, 9.17) is 16.7 Å². The van der Waals surface area contributed by atoms with Crippen LogP contribution in [0.2, 0.25) is 5.02 Å². The first-order valence-electron chi connectivity index (χ1n) is 4.54. The molecule has 1 aromatic heterocycles. The number of aromatic nitrogens is 1. The molecule has 0 fully saturated rings. The van der Waals surface area contributed by atoms with E-state index in [1.807, 2.05) is 4.98 Å². The molecule has 0 bridgehead atoms. The Morgan fingerprint density at radius 2 is 2.11 bits per heavy atom. The van der Waals surface area contributed by atoms with E-state index in [9.17, 15) is 22.0 Å². The molecular weight excluding hydrogens is 294 g/mol. The summed E-state index contributed by atoms with van der Waals surface area (Å²) in [6.07, 6.45) is 0.827. The molecule has 0 unspecified atom stereocenters. The highest BCUT2D eigenvalue weighted by Crippen LogP contribution is 2.14. The Kier molecular flexibility index (Phi) is 4.43. The van der Waals surface area contributed by atoms with Gasteiger partial charge >= 0.3 is 0 Å². The Bertz CT molecular complexity index is 587.